The Balaban J connectivity index is 0.962. The van der Waals surface area contributed by atoms with Gasteiger partial charge in [-0.1, -0.05) is 172 Å². The summed E-state index contributed by atoms with van der Waals surface area (Å²) in [6.45, 7) is 4.69. The van der Waals surface area contributed by atoms with Gasteiger partial charge in [-0.05, 0) is 128 Å². The lowest BCUT2D eigenvalue weighted by atomic mass is 9.85. The van der Waals surface area contributed by atoms with E-state index in [0.717, 1.165) is 12.1 Å². The fourth-order valence-electron chi connectivity index (χ4n) is 10.6. The van der Waals surface area contributed by atoms with Gasteiger partial charge in [-0.3, -0.25) is 0 Å². The van der Waals surface area contributed by atoms with Crippen molar-refractivity contribution in [2.45, 2.75) is 26.7 Å². The van der Waals surface area contributed by atoms with E-state index in [1.165, 1.54) is 111 Å². The number of fused-ring (bicyclic) bond motifs is 8. The molecule has 1 aliphatic carbocycles. The maximum Gasteiger partial charge on any atom is 0.0541 e. The Morgan fingerprint density at radius 2 is 0.871 bits per heavy atom. The molecule has 0 saturated carbocycles. The molecule has 2 unspecified atom stereocenters. The van der Waals surface area contributed by atoms with Crippen molar-refractivity contribution in [3.8, 4) is 39.1 Å². The number of hydrogen-bond donors (Lipinski definition) is 0. The second kappa shape index (κ2) is 14.6. The fourth-order valence-corrected chi connectivity index (χ4v) is 10.6. The number of para-hydroxylation sites is 2. The van der Waals surface area contributed by atoms with E-state index in [0.29, 0.717) is 11.8 Å². The molecule has 2 aromatic heterocycles. The first-order valence-corrected chi connectivity index (χ1v) is 22.2. The molecular formula is C60H46N2. The second-order valence-electron chi connectivity index (χ2n) is 17.2. The highest BCUT2D eigenvalue weighted by Crippen LogP contribution is 2.45. The SMILES string of the molecule is CCC(C)C1C=CC=C(n2c3ccccc3c3cc(-c4ccc5c(c4)c4ccccc4n5-c4ccc(-c5c6ccccc6c(-c6ccccc6)c6ccccc56)cc4)ccc32)C1. The Hall–Kier alpha value is -7.42. The molecule has 0 bridgehead atoms. The van der Waals surface area contributed by atoms with Crippen molar-refractivity contribution >= 4 is 70.9 Å². The smallest absolute Gasteiger partial charge is 0.0541 e. The van der Waals surface area contributed by atoms with E-state index in [-0.39, 0.29) is 0 Å². The Kier molecular flexibility index (Phi) is 8.60. The number of benzene rings is 9. The van der Waals surface area contributed by atoms with E-state index in [4.69, 9.17) is 0 Å². The first-order valence-electron chi connectivity index (χ1n) is 22.2. The lowest BCUT2D eigenvalue weighted by molar-refractivity contribution is 0.418. The molecule has 0 N–H and O–H groups in total. The minimum Gasteiger partial charge on any atom is -0.313 e. The van der Waals surface area contributed by atoms with E-state index < -0.39 is 0 Å². The summed E-state index contributed by atoms with van der Waals surface area (Å²) < 4.78 is 4.95. The largest absolute Gasteiger partial charge is 0.313 e. The Bertz CT molecular complexity index is 3540. The van der Waals surface area contributed by atoms with Crippen LogP contribution in [0.2, 0.25) is 0 Å². The number of nitrogens with zero attached hydrogens (tertiary/aromatic N) is 2. The van der Waals surface area contributed by atoms with Gasteiger partial charge < -0.3 is 9.13 Å². The standard InChI is InChI=1S/C60H46N2/c1-3-39(2)42-18-15-19-46(36-42)62-56-27-14-12-21-48(56)54-38-44(31-35-58(54)62)43-30-34-57-53(37-43)47-20-11-13-26-55(47)61(57)45-32-28-41(29-33-45)60-51-24-9-7-22-49(51)59(40-16-5-4-6-17-40)50-23-8-10-25-52(50)60/h4-35,37-39,42H,3,36H2,1-2H3. The lowest BCUT2D eigenvalue weighted by Crippen LogP contribution is -2.13. The lowest BCUT2D eigenvalue weighted by Gasteiger charge is -2.25. The zero-order valence-electron chi connectivity index (χ0n) is 35.1. The minimum absolute atomic E-state index is 0.556. The number of aromatic nitrogens is 2. The molecule has 2 nitrogen and oxygen atoms in total. The summed E-state index contributed by atoms with van der Waals surface area (Å²) in [7, 11) is 0. The molecule has 0 saturated heterocycles. The first kappa shape index (κ1) is 36.4. The summed E-state index contributed by atoms with van der Waals surface area (Å²) in [5.41, 5.74) is 15.0. The predicted octanol–water partition coefficient (Wildman–Crippen LogP) is 16.7. The van der Waals surface area contributed by atoms with Gasteiger partial charge in [-0.15, -0.1) is 0 Å². The molecule has 12 rings (SSSR count). The van der Waals surface area contributed by atoms with Crippen LogP contribution in [0.5, 0.6) is 0 Å². The molecular weight excluding hydrogens is 749 g/mol. The van der Waals surface area contributed by atoms with Crippen molar-refractivity contribution in [2.75, 3.05) is 0 Å². The molecule has 11 aromatic rings. The summed E-state index contributed by atoms with van der Waals surface area (Å²) in [4.78, 5) is 0. The molecule has 1 aliphatic rings. The highest BCUT2D eigenvalue weighted by molar-refractivity contribution is 6.21. The molecule has 0 aliphatic heterocycles. The molecule has 0 fully saturated rings. The van der Waals surface area contributed by atoms with E-state index in [1.54, 1.807) is 0 Å². The third-order valence-corrected chi connectivity index (χ3v) is 13.8. The van der Waals surface area contributed by atoms with Crippen LogP contribution < -0.4 is 0 Å². The third-order valence-electron chi connectivity index (χ3n) is 13.8. The summed E-state index contributed by atoms with van der Waals surface area (Å²) in [5.74, 6) is 1.21. The minimum atomic E-state index is 0.556. The Labute approximate surface area is 362 Å². The van der Waals surface area contributed by atoms with Gasteiger partial charge in [0, 0.05) is 32.9 Å². The van der Waals surface area contributed by atoms with Gasteiger partial charge in [0.1, 0.15) is 0 Å². The van der Waals surface area contributed by atoms with E-state index in [2.05, 4.69) is 229 Å². The third kappa shape index (κ3) is 5.71. The molecule has 296 valence electrons. The average Bonchev–Trinajstić information content (AvgIpc) is 3.85. The summed E-state index contributed by atoms with van der Waals surface area (Å²) in [5, 5.41) is 10.2. The molecule has 9 aromatic carbocycles. The molecule has 2 heteroatoms. The van der Waals surface area contributed by atoms with Gasteiger partial charge in [-0.2, -0.15) is 0 Å². The van der Waals surface area contributed by atoms with Crippen molar-refractivity contribution in [3.05, 3.63) is 206 Å². The quantitative estimate of drug-likeness (QED) is 0.142. The maximum absolute atomic E-state index is 2.51. The van der Waals surface area contributed by atoms with Crippen LogP contribution in [-0.4, -0.2) is 9.13 Å². The van der Waals surface area contributed by atoms with Gasteiger partial charge in [0.15, 0.2) is 0 Å². The van der Waals surface area contributed by atoms with E-state index in [9.17, 15) is 0 Å². The normalized spacial score (nSPS) is 14.7. The monoisotopic (exact) mass is 794 g/mol. The highest BCUT2D eigenvalue weighted by Gasteiger charge is 2.22. The van der Waals surface area contributed by atoms with Gasteiger partial charge in [0.25, 0.3) is 0 Å². The van der Waals surface area contributed by atoms with Crippen LogP contribution in [0.25, 0.3) is 110 Å². The second-order valence-corrected chi connectivity index (χ2v) is 17.2. The number of allylic oxidation sites excluding steroid dienone is 4. The van der Waals surface area contributed by atoms with Crippen LogP contribution in [0.15, 0.2) is 206 Å². The van der Waals surface area contributed by atoms with Crippen molar-refractivity contribution < 1.29 is 0 Å². The summed E-state index contributed by atoms with van der Waals surface area (Å²) in [6, 6.07) is 69.7. The summed E-state index contributed by atoms with van der Waals surface area (Å²) in [6.07, 6.45) is 9.25. The number of rotatable bonds is 7. The average molecular weight is 795 g/mol. The van der Waals surface area contributed by atoms with Crippen molar-refractivity contribution in [3.63, 3.8) is 0 Å². The van der Waals surface area contributed by atoms with E-state index in [1.807, 2.05) is 0 Å². The molecule has 62 heavy (non-hydrogen) atoms. The maximum atomic E-state index is 2.51. The molecule has 0 radical (unpaired) electrons. The fraction of sp³-hybridized carbons (Fsp3) is 0.100. The molecule has 0 spiro atoms. The van der Waals surface area contributed by atoms with Crippen LogP contribution in [0.4, 0.5) is 0 Å². The number of hydrogen-bond acceptors (Lipinski definition) is 0. The van der Waals surface area contributed by atoms with Crippen LogP contribution in [0.3, 0.4) is 0 Å². The zero-order valence-corrected chi connectivity index (χ0v) is 35.1. The van der Waals surface area contributed by atoms with Crippen LogP contribution in [0.1, 0.15) is 26.7 Å². The molecule has 0 amide bonds. The highest BCUT2D eigenvalue weighted by atomic mass is 15.0. The first-order chi connectivity index (χ1) is 30.6. The van der Waals surface area contributed by atoms with Crippen LogP contribution in [0, 0.1) is 11.8 Å². The molecule has 2 heterocycles. The van der Waals surface area contributed by atoms with Gasteiger partial charge in [0.05, 0.1) is 22.1 Å². The Morgan fingerprint density at radius 3 is 1.42 bits per heavy atom. The van der Waals surface area contributed by atoms with Crippen molar-refractivity contribution in [2.24, 2.45) is 11.8 Å². The zero-order chi connectivity index (χ0) is 41.3. The molecule has 2 atom stereocenters. The van der Waals surface area contributed by atoms with Crippen LogP contribution in [-0.2, 0) is 0 Å². The van der Waals surface area contributed by atoms with E-state index >= 15 is 0 Å². The van der Waals surface area contributed by atoms with Gasteiger partial charge in [0.2, 0.25) is 0 Å². The summed E-state index contributed by atoms with van der Waals surface area (Å²) >= 11 is 0. The van der Waals surface area contributed by atoms with Gasteiger partial charge in [-0.25, -0.2) is 0 Å². The van der Waals surface area contributed by atoms with Gasteiger partial charge >= 0.3 is 0 Å². The van der Waals surface area contributed by atoms with Crippen molar-refractivity contribution in [1.82, 2.24) is 9.13 Å². The topological polar surface area (TPSA) is 9.86 Å². The Morgan fingerprint density at radius 1 is 0.435 bits per heavy atom. The van der Waals surface area contributed by atoms with Crippen molar-refractivity contribution in [1.29, 1.82) is 0 Å². The predicted molar refractivity (Wildman–Crippen MR) is 266 cm³/mol. The van der Waals surface area contributed by atoms with Crippen LogP contribution >= 0.6 is 0 Å².